The molecule has 0 aliphatic rings. The summed E-state index contributed by atoms with van der Waals surface area (Å²) < 4.78 is 4.58. The van der Waals surface area contributed by atoms with Gasteiger partial charge in [-0.3, -0.25) is 4.79 Å². The van der Waals surface area contributed by atoms with Crippen molar-refractivity contribution in [3.63, 3.8) is 0 Å². The van der Waals surface area contributed by atoms with E-state index in [2.05, 4.69) is 14.7 Å². The fourth-order valence-corrected chi connectivity index (χ4v) is 1.56. The topological polar surface area (TPSA) is 95.2 Å². The standard InChI is InChI=1S/C13H11N3O3/c1-19-12(18)10-9(7-15-13(14)16-10)11(17)8-5-3-2-4-6-8/h2-7H,1H3,(H2,14,15,16). The summed E-state index contributed by atoms with van der Waals surface area (Å²) >= 11 is 0. The third-order valence-corrected chi connectivity index (χ3v) is 2.47. The van der Waals surface area contributed by atoms with E-state index in [0.717, 1.165) is 0 Å². The zero-order valence-electron chi connectivity index (χ0n) is 10.2. The summed E-state index contributed by atoms with van der Waals surface area (Å²) in [4.78, 5) is 31.4. The molecule has 0 aliphatic carbocycles. The van der Waals surface area contributed by atoms with E-state index in [1.165, 1.54) is 13.3 Å². The lowest BCUT2D eigenvalue weighted by Crippen LogP contribution is -2.15. The fourth-order valence-electron chi connectivity index (χ4n) is 1.56. The molecule has 19 heavy (non-hydrogen) atoms. The molecule has 0 unspecified atom stereocenters. The van der Waals surface area contributed by atoms with Gasteiger partial charge < -0.3 is 10.5 Å². The molecule has 1 heterocycles. The highest BCUT2D eigenvalue weighted by Gasteiger charge is 2.21. The molecule has 96 valence electrons. The number of nitrogens with zero attached hydrogens (tertiary/aromatic N) is 2. The van der Waals surface area contributed by atoms with Crippen molar-refractivity contribution in [2.24, 2.45) is 0 Å². The summed E-state index contributed by atoms with van der Waals surface area (Å²) in [5.74, 6) is -1.18. The second-order valence-corrected chi connectivity index (χ2v) is 3.68. The van der Waals surface area contributed by atoms with E-state index in [4.69, 9.17) is 5.73 Å². The van der Waals surface area contributed by atoms with Crippen LogP contribution in [0, 0.1) is 0 Å². The lowest BCUT2D eigenvalue weighted by atomic mass is 10.0. The first-order chi connectivity index (χ1) is 9.13. The van der Waals surface area contributed by atoms with Gasteiger partial charge in [-0.1, -0.05) is 30.3 Å². The van der Waals surface area contributed by atoms with Crippen LogP contribution < -0.4 is 5.73 Å². The van der Waals surface area contributed by atoms with Gasteiger partial charge in [-0.05, 0) is 0 Å². The molecule has 0 saturated heterocycles. The van der Waals surface area contributed by atoms with Gasteiger partial charge >= 0.3 is 5.97 Å². The molecule has 6 nitrogen and oxygen atoms in total. The number of anilines is 1. The van der Waals surface area contributed by atoms with Crippen LogP contribution in [0.2, 0.25) is 0 Å². The zero-order chi connectivity index (χ0) is 13.8. The molecule has 1 aromatic heterocycles. The van der Waals surface area contributed by atoms with Crippen LogP contribution in [0.5, 0.6) is 0 Å². The predicted octanol–water partition coefficient (Wildman–Crippen LogP) is 1.08. The highest BCUT2D eigenvalue weighted by molar-refractivity contribution is 6.13. The second kappa shape index (κ2) is 5.26. The van der Waals surface area contributed by atoms with Gasteiger partial charge in [-0.2, -0.15) is 0 Å². The van der Waals surface area contributed by atoms with E-state index >= 15 is 0 Å². The van der Waals surface area contributed by atoms with Crippen molar-refractivity contribution in [2.45, 2.75) is 0 Å². The van der Waals surface area contributed by atoms with Crippen LogP contribution in [0.25, 0.3) is 0 Å². The Morgan fingerprint density at radius 2 is 1.89 bits per heavy atom. The van der Waals surface area contributed by atoms with Gasteiger partial charge in [0.1, 0.15) is 0 Å². The molecule has 6 heteroatoms. The van der Waals surface area contributed by atoms with Crippen LogP contribution in [-0.4, -0.2) is 28.8 Å². The van der Waals surface area contributed by atoms with Gasteiger partial charge in [0.2, 0.25) is 5.95 Å². The van der Waals surface area contributed by atoms with Gasteiger partial charge in [0.25, 0.3) is 0 Å². The maximum absolute atomic E-state index is 12.3. The minimum atomic E-state index is -0.728. The van der Waals surface area contributed by atoms with Gasteiger partial charge in [0, 0.05) is 11.8 Å². The van der Waals surface area contributed by atoms with Crippen LogP contribution in [0.15, 0.2) is 36.5 Å². The minimum Gasteiger partial charge on any atom is -0.464 e. The lowest BCUT2D eigenvalue weighted by molar-refractivity contribution is 0.0590. The molecule has 0 aliphatic heterocycles. The van der Waals surface area contributed by atoms with Crippen LogP contribution in [0.4, 0.5) is 5.95 Å². The Morgan fingerprint density at radius 1 is 1.21 bits per heavy atom. The molecule has 0 amide bonds. The molecule has 2 N–H and O–H groups in total. The number of hydrogen-bond acceptors (Lipinski definition) is 6. The van der Waals surface area contributed by atoms with Crippen LogP contribution in [0.1, 0.15) is 26.4 Å². The lowest BCUT2D eigenvalue weighted by Gasteiger charge is -2.06. The Balaban J connectivity index is 2.51. The third kappa shape index (κ3) is 2.57. The first kappa shape index (κ1) is 12.7. The fraction of sp³-hybridized carbons (Fsp3) is 0.0769. The number of benzene rings is 1. The predicted molar refractivity (Wildman–Crippen MR) is 67.7 cm³/mol. The molecule has 0 fully saturated rings. The molecule has 0 saturated carbocycles. The van der Waals surface area contributed by atoms with Crippen LogP contribution in [0.3, 0.4) is 0 Å². The molecule has 0 radical (unpaired) electrons. The minimum absolute atomic E-state index is 0.0623. The Morgan fingerprint density at radius 3 is 2.53 bits per heavy atom. The van der Waals surface area contributed by atoms with Gasteiger partial charge in [0.15, 0.2) is 11.5 Å². The molecule has 2 aromatic rings. The monoisotopic (exact) mass is 257 g/mol. The van der Waals surface area contributed by atoms with Crippen molar-refractivity contribution >= 4 is 17.7 Å². The van der Waals surface area contributed by atoms with E-state index in [-0.39, 0.29) is 23.0 Å². The molecule has 1 aromatic carbocycles. The van der Waals surface area contributed by atoms with E-state index in [1.54, 1.807) is 30.3 Å². The Labute approximate surface area is 109 Å². The smallest absolute Gasteiger partial charge is 0.357 e. The first-order valence-corrected chi connectivity index (χ1v) is 5.44. The number of rotatable bonds is 3. The van der Waals surface area contributed by atoms with Gasteiger partial charge in [-0.15, -0.1) is 0 Å². The van der Waals surface area contributed by atoms with Crippen molar-refractivity contribution in [2.75, 3.05) is 12.8 Å². The van der Waals surface area contributed by atoms with Crippen molar-refractivity contribution in [1.82, 2.24) is 9.97 Å². The van der Waals surface area contributed by atoms with E-state index in [1.807, 2.05) is 0 Å². The Hall–Kier alpha value is -2.76. The number of ether oxygens (including phenoxy) is 1. The quantitative estimate of drug-likeness (QED) is 0.653. The summed E-state index contributed by atoms with van der Waals surface area (Å²) in [6, 6.07) is 8.52. The molecule has 0 spiro atoms. The summed E-state index contributed by atoms with van der Waals surface area (Å²) in [5, 5.41) is 0. The molecular formula is C13H11N3O3. The second-order valence-electron chi connectivity index (χ2n) is 3.68. The first-order valence-electron chi connectivity index (χ1n) is 5.44. The number of hydrogen-bond donors (Lipinski definition) is 1. The number of ketones is 1. The van der Waals surface area contributed by atoms with Crippen LogP contribution >= 0.6 is 0 Å². The molecular weight excluding hydrogens is 246 g/mol. The maximum atomic E-state index is 12.3. The van der Waals surface area contributed by atoms with Gasteiger partial charge in [0.05, 0.1) is 12.7 Å². The number of methoxy groups -OCH3 is 1. The maximum Gasteiger partial charge on any atom is 0.357 e. The van der Waals surface area contributed by atoms with Crippen molar-refractivity contribution in [1.29, 1.82) is 0 Å². The highest BCUT2D eigenvalue weighted by Crippen LogP contribution is 2.14. The molecule has 0 bridgehead atoms. The average Bonchev–Trinajstić information content (AvgIpc) is 2.46. The molecule has 2 rings (SSSR count). The third-order valence-electron chi connectivity index (χ3n) is 2.47. The Bertz CT molecular complexity index is 626. The highest BCUT2D eigenvalue weighted by atomic mass is 16.5. The van der Waals surface area contributed by atoms with E-state index in [9.17, 15) is 9.59 Å². The summed E-state index contributed by atoms with van der Waals surface area (Å²) in [6.45, 7) is 0. The Kier molecular flexibility index (Phi) is 3.51. The normalized spacial score (nSPS) is 9.95. The summed E-state index contributed by atoms with van der Waals surface area (Å²) in [6.07, 6.45) is 1.23. The number of carbonyl (C=O) groups is 2. The van der Waals surface area contributed by atoms with Crippen molar-refractivity contribution in [3.8, 4) is 0 Å². The molecule has 0 atom stereocenters. The van der Waals surface area contributed by atoms with Gasteiger partial charge in [-0.25, -0.2) is 14.8 Å². The zero-order valence-corrected chi connectivity index (χ0v) is 10.2. The van der Waals surface area contributed by atoms with Crippen molar-refractivity contribution in [3.05, 3.63) is 53.3 Å². The largest absolute Gasteiger partial charge is 0.464 e. The number of nitrogens with two attached hydrogens (primary N) is 1. The van der Waals surface area contributed by atoms with E-state index < -0.39 is 5.97 Å². The number of nitrogen functional groups attached to an aromatic ring is 1. The average molecular weight is 257 g/mol. The number of carbonyl (C=O) groups excluding carboxylic acids is 2. The van der Waals surface area contributed by atoms with Crippen LogP contribution in [-0.2, 0) is 4.74 Å². The number of esters is 1. The summed E-state index contributed by atoms with van der Waals surface area (Å²) in [5.41, 5.74) is 5.78. The SMILES string of the molecule is COC(=O)c1nc(N)ncc1C(=O)c1ccccc1. The summed E-state index contributed by atoms with van der Waals surface area (Å²) in [7, 11) is 1.21. The number of aromatic nitrogens is 2. The van der Waals surface area contributed by atoms with E-state index in [0.29, 0.717) is 5.56 Å². The van der Waals surface area contributed by atoms with Crippen molar-refractivity contribution < 1.29 is 14.3 Å².